The van der Waals surface area contributed by atoms with Crippen molar-refractivity contribution in [2.75, 3.05) is 33.3 Å². The second kappa shape index (κ2) is 7.50. The van der Waals surface area contributed by atoms with Gasteiger partial charge in [0, 0.05) is 39.4 Å². The van der Waals surface area contributed by atoms with Gasteiger partial charge in [0.25, 0.3) is 5.91 Å². The van der Waals surface area contributed by atoms with Gasteiger partial charge in [-0.25, -0.2) is 4.79 Å². The predicted octanol–water partition coefficient (Wildman–Crippen LogP) is 1.34. The number of carbonyl (C=O) groups is 3. The summed E-state index contributed by atoms with van der Waals surface area (Å²) in [7, 11) is 3.20. The van der Waals surface area contributed by atoms with Crippen molar-refractivity contribution in [1.82, 2.24) is 18.9 Å². The average Bonchev–Trinajstić information content (AvgIpc) is 3.47. The highest BCUT2D eigenvalue weighted by molar-refractivity contribution is 5.96. The lowest BCUT2D eigenvalue weighted by atomic mass is 10.2. The molecule has 9 nitrogen and oxygen atoms in total. The molecule has 1 saturated heterocycles. The summed E-state index contributed by atoms with van der Waals surface area (Å²) >= 11 is 0. The van der Waals surface area contributed by atoms with Gasteiger partial charge in [0.1, 0.15) is 12.2 Å². The summed E-state index contributed by atoms with van der Waals surface area (Å²) in [6.45, 7) is 1.75. The Hall–Kier alpha value is -3.49. The number of nitrogens with zero attached hydrogens (tertiary/aromatic N) is 4. The number of aryl methyl sites for hydroxylation is 1. The Morgan fingerprint density at radius 3 is 2.45 bits per heavy atom. The first-order valence-electron chi connectivity index (χ1n) is 9.33. The molecule has 9 heteroatoms. The van der Waals surface area contributed by atoms with Crippen molar-refractivity contribution in [2.45, 2.75) is 6.54 Å². The standard InChI is InChI=1S/C20H22N4O5/c1-21-6-5-14-15(21)12-16(20(27)28-2)24(14)13-18(25)22-7-9-23(10-8-22)19(26)17-4-3-11-29-17/h3-6,11-12H,7-10,13H2,1-2H3. The highest BCUT2D eigenvalue weighted by atomic mass is 16.5. The van der Waals surface area contributed by atoms with E-state index in [4.69, 9.17) is 9.15 Å². The van der Waals surface area contributed by atoms with Crippen molar-refractivity contribution >= 4 is 28.8 Å². The zero-order chi connectivity index (χ0) is 20.5. The Balaban J connectivity index is 1.46. The van der Waals surface area contributed by atoms with Crippen molar-refractivity contribution in [2.24, 2.45) is 7.05 Å². The molecule has 0 bridgehead atoms. The maximum absolute atomic E-state index is 12.9. The third-order valence-corrected chi connectivity index (χ3v) is 5.29. The van der Waals surface area contributed by atoms with Gasteiger partial charge in [0.2, 0.25) is 5.91 Å². The van der Waals surface area contributed by atoms with E-state index in [2.05, 4.69) is 0 Å². The van der Waals surface area contributed by atoms with E-state index >= 15 is 0 Å². The monoisotopic (exact) mass is 398 g/mol. The van der Waals surface area contributed by atoms with Crippen LogP contribution < -0.4 is 0 Å². The molecule has 0 radical (unpaired) electrons. The summed E-state index contributed by atoms with van der Waals surface area (Å²) in [4.78, 5) is 40.8. The molecule has 3 aromatic rings. The fraction of sp³-hybridized carbons (Fsp3) is 0.350. The summed E-state index contributed by atoms with van der Waals surface area (Å²) in [5.74, 6) is -0.470. The number of piperazine rings is 1. The minimum absolute atomic E-state index is 0.0318. The minimum atomic E-state index is -0.483. The first kappa shape index (κ1) is 18.9. The highest BCUT2D eigenvalue weighted by Gasteiger charge is 2.27. The summed E-state index contributed by atoms with van der Waals surface area (Å²) in [6.07, 6.45) is 3.35. The average molecular weight is 398 g/mol. The molecular weight excluding hydrogens is 376 g/mol. The van der Waals surface area contributed by atoms with Crippen LogP contribution in [0.15, 0.2) is 41.1 Å². The van der Waals surface area contributed by atoms with Crippen LogP contribution in [0.3, 0.4) is 0 Å². The number of esters is 1. The molecule has 3 aromatic heterocycles. The van der Waals surface area contributed by atoms with Gasteiger partial charge in [0.15, 0.2) is 5.76 Å². The molecule has 0 saturated carbocycles. The molecule has 0 unspecified atom stereocenters. The van der Waals surface area contributed by atoms with E-state index in [9.17, 15) is 14.4 Å². The number of fused-ring (bicyclic) bond motifs is 1. The molecule has 2 amide bonds. The van der Waals surface area contributed by atoms with Gasteiger partial charge in [-0.1, -0.05) is 0 Å². The third-order valence-electron chi connectivity index (χ3n) is 5.29. The lowest BCUT2D eigenvalue weighted by Crippen LogP contribution is -2.51. The molecule has 1 fully saturated rings. The molecule has 4 rings (SSSR count). The van der Waals surface area contributed by atoms with Gasteiger partial charge in [0.05, 0.1) is 24.4 Å². The number of methoxy groups -OCH3 is 1. The normalized spacial score (nSPS) is 14.4. The summed E-state index contributed by atoms with van der Waals surface area (Å²) in [6, 6.07) is 6.90. The van der Waals surface area contributed by atoms with E-state index in [1.165, 1.54) is 13.4 Å². The first-order chi connectivity index (χ1) is 14.0. The lowest BCUT2D eigenvalue weighted by molar-refractivity contribution is -0.133. The lowest BCUT2D eigenvalue weighted by Gasteiger charge is -2.34. The molecule has 152 valence electrons. The maximum atomic E-state index is 12.9. The van der Waals surface area contributed by atoms with Crippen LogP contribution in [0, 0.1) is 0 Å². The van der Waals surface area contributed by atoms with E-state index in [0.29, 0.717) is 37.6 Å². The largest absolute Gasteiger partial charge is 0.464 e. The molecule has 29 heavy (non-hydrogen) atoms. The fourth-order valence-corrected chi connectivity index (χ4v) is 3.66. The van der Waals surface area contributed by atoms with Crippen LogP contribution in [0.1, 0.15) is 21.0 Å². The number of rotatable bonds is 4. The van der Waals surface area contributed by atoms with E-state index in [0.717, 1.165) is 11.0 Å². The number of carbonyl (C=O) groups excluding carboxylic acids is 3. The molecule has 1 aliphatic heterocycles. The molecular formula is C20H22N4O5. The van der Waals surface area contributed by atoms with Gasteiger partial charge < -0.3 is 28.1 Å². The Labute approximate surface area is 167 Å². The zero-order valence-electron chi connectivity index (χ0n) is 16.3. The quantitative estimate of drug-likeness (QED) is 0.619. The van der Waals surface area contributed by atoms with E-state index in [-0.39, 0.29) is 18.4 Å². The van der Waals surface area contributed by atoms with Gasteiger partial charge in [-0.05, 0) is 24.3 Å². The maximum Gasteiger partial charge on any atom is 0.354 e. The number of hydrogen-bond acceptors (Lipinski definition) is 5. The van der Waals surface area contributed by atoms with Crippen LogP contribution in [0.2, 0.25) is 0 Å². The summed E-state index contributed by atoms with van der Waals surface area (Å²) in [5, 5.41) is 0. The van der Waals surface area contributed by atoms with Crippen molar-refractivity contribution in [3.8, 4) is 0 Å². The van der Waals surface area contributed by atoms with E-state index in [1.54, 1.807) is 32.6 Å². The Morgan fingerprint density at radius 2 is 1.79 bits per heavy atom. The zero-order valence-corrected chi connectivity index (χ0v) is 16.3. The number of furan rings is 1. The molecule has 0 aromatic carbocycles. The molecule has 0 aliphatic carbocycles. The highest BCUT2D eigenvalue weighted by Crippen LogP contribution is 2.22. The topological polar surface area (TPSA) is 89.9 Å². The van der Waals surface area contributed by atoms with Crippen LogP contribution in [-0.2, 0) is 23.1 Å². The molecule has 0 N–H and O–H groups in total. The second-order valence-corrected chi connectivity index (χ2v) is 6.95. The molecule has 0 atom stereocenters. The smallest absolute Gasteiger partial charge is 0.354 e. The van der Waals surface area contributed by atoms with Crippen molar-refractivity contribution < 1.29 is 23.5 Å². The number of ether oxygens (including phenoxy) is 1. The SMILES string of the molecule is COC(=O)c1cc2c(ccn2C)n1CC(=O)N1CCN(C(=O)c2ccco2)CC1. The second-order valence-electron chi connectivity index (χ2n) is 6.95. The Bertz CT molecular complexity index is 1050. The van der Waals surface area contributed by atoms with Gasteiger partial charge in [-0.3, -0.25) is 9.59 Å². The third kappa shape index (κ3) is 3.39. The number of amides is 2. The summed E-state index contributed by atoms with van der Waals surface area (Å²) in [5.41, 5.74) is 1.99. The van der Waals surface area contributed by atoms with Crippen LogP contribution in [-0.4, -0.2) is 70.0 Å². The van der Waals surface area contributed by atoms with Crippen molar-refractivity contribution in [3.63, 3.8) is 0 Å². The van der Waals surface area contributed by atoms with Crippen molar-refractivity contribution in [3.05, 3.63) is 48.2 Å². The first-order valence-corrected chi connectivity index (χ1v) is 9.33. The minimum Gasteiger partial charge on any atom is -0.464 e. The fourth-order valence-electron chi connectivity index (χ4n) is 3.66. The summed E-state index contributed by atoms with van der Waals surface area (Å²) < 4.78 is 13.6. The van der Waals surface area contributed by atoms with E-state index in [1.807, 2.05) is 23.9 Å². The van der Waals surface area contributed by atoms with Crippen LogP contribution in [0.4, 0.5) is 0 Å². The van der Waals surface area contributed by atoms with Gasteiger partial charge in [-0.2, -0.15) is 0 Å². The number of aromatic nitrogens is 2. The van der Waals surface area contributed by atoms with Crippen molar-refractivity contribution in [1.29, 1.82) is 0 Å². The van der Waals surface area contributed by atoms with Crippen LogP contribution >= 0.6 is 0 Å². The van der Waals surface area contributed by atoms with Crippen LogP contribution in [0.5, 0.6) is 0 Å². The van der Waals surface area contributed by atoms with Gasteiger partial charge >= 0.3 is 5.97 Å². The van der Waals surface area contributed by atoms with Gasteiger partial charge in [-0.15, -0.1) is 0 Å². The number of hydrogen-bond donors (Lipinski definition) is 0. The van der Waals surface area contributed by atoms with E-state index < -0.39 is 5.97 Å². The Morgan fingerprint density at radius 1 is 1.07 bits per heavy atom. The van der Waals surface area contributed by atoms with Crippen LogP contribution in [0.25, 0.3) is 11.0 Å². The molecule has 1 aliphatic rings. The Kier molecular flexibility index (Phi) is 4.87. The molecule has 0 spiro atoms. The predicted molar refractivity (Wildman–Crippen MR) is 103 cm³/mol. The molecule has 4 heterocycles.